The van der Waals surface area contributed by atoms with Crippen LogP contribution in [0, 0.1) is 12.3 Å². The van der Waals surface area contributed by atoms with Crippen LogP contribution in [0.1, 0.15) is 33.1 Å². The lowest BCUT2D eigenvalue weighted by molar-refractivity contribution is -0.122. The topological polar surface area (TPSA) is 55.1 Å². The predicted molar refractivity (Wildman–Crippen MR) is 53.9 cm³/mol. The first-order chi connectivity index (χ1) is 6.15. The van der Waals surface area contributed by atoms with Crippen molar-refractivity contribution < 1.29 is 4.79 Å². The molecule has 1 amide bonds. The lowest BCUT2D eigenvalue weighted by Crippen LogP contribution is -2.44. The first-order valence-corrected chi connectivity index (χ1v) is 4.67. The highest BCUT2D eigenvalue weighted by molar-refractivity contribution is 5.81. The van der Waals surface area contributed by atoms with Crippen LogP contribution in [0.25, 0.3) is 0 Å². The minimum atomic E-state index is -0.437. The Morgan fingerprint density at radius 2 is 2.23 bits per heavy atom. The third-order valence-electron chi connectivity index (χ3n) is 1.87. The van der Waals surface area contributed by atoms with E-state index in [1.807, 2.05) is 13.8 Å². The highest BCUT2D eigenvalue weighted by Gasteiger charge is 2.13. The normalized spacial score (nSPS) is 14.3. The summed E-state index contributed by atoms with van der Waals surface area (Å²) in [6.07, 6.45) is 7.64. The van der Waals surface area contributed by atoms with Gasteiger partial charge in [-0.05, 0) is 12.8 Å². The van der Waals surface area contributed by atoms with Crippen LogP contribution in [0.2, 0.25) is 0 Å². The van der Waals surface area contributed by atoms with Gasteiger partial charge in [0.2, 0.25) is 5.91 Å². The molecule has 74 valence electrons. The average molecular weight is 182 g/mol. The molecule has 0 saturated carbocycles. The Bertz CT molecular complexity index is 196. The van der Waals surface area contributed by atoms with E-state index in [0.717, 1.165) is 12.8 Å². The van der Waals surface area contributed by atoms with Crippen LogP contribution >= 0.6 is 0 Å². The minimum absolute atomic E-state index is 0.154. The Hall–Kier alpha value is -1.01. The fraction of sp³-hybridized carbons (Fsp3) is 0.700. The molecule has 0 fully saturated rings. The van der Waals surface area contributed by atoms with Crippen molar-refractivity contribution in [2.75, 3.05) is 0 Å². The van der Waals surface area contributed by atoms with Crippen LogP contribution in [0.15, 0.2) is 0 Å². The van der Waals surface area contributed by atoms with Gasteiger partial charge >= 0.3 is 0 Å². The quantitative estimate of drug-likeness (QED) is 0.613. The summed E-state index contributed by atoms with van der Waals surface area (Å²) in [4.78, 5) is 11.3. The summed E-state index contributed by atoms with van der Waals surface area (Å²) in [6.45, 7) is 3.89. The van der Waals surface area contributed by atoms with Gasteiger partial charge in [-0.3, -0.25) is 4.79 Å². The van der Waals surface area contributed by atoms with Crippen molar-refractivity contribution >= 4 is 5.91 Å². The smallest absolute Gasteiger partial charge is 0.237 e. The number of rotatable bonds is 5. The molecule has 0 aliphatic rings. The van der Waals surface area contributed by atoms with Crippen molar-refractivity contribution in [1.29, 1.82) is 0 Å². The third kappa shape index (κ3) is 4.54. The monoisotopic (exact) mass is 182 g/mol. The van der Waals surface area contributed by atoms with Crippen molar-refractivity contribution in [1.82, 2.24) is 5.32 Å². The highest BCUT2D eigenvalue weighted by Crippen LogP contribution is 1.96. The second-order valence-corrected chi connectivity index (χ2v) is 3.03. The van der Waals surface area contributed by atoms with Crippen molar-refractivity contribution in [3.8, 4) is 12.3 Å². The fourth-order valence-corrected chi connectivity index (χ4v) is 0.950. The van der Waals surface area contributed by atoms with E-state index >= 15 is 0 Å². The number of hydrogen-bond acceptors (Lipinski definition) is 2. The van der Waals surface area contributed by atoms with Crippen LogP contribution in [0.5, 0.6) is 0 Å². The third-order valence-corrected chi connectivity index (χ3v) is 1.87. The van der Waals surface area contributed by atoms with Crippen molar-refractivity contribution in [2.24, 2.45) is 5.73 Å². The van der Waals surface area contributed by atoms with Gasteiger partial charge in [-0.25, -0.2) is 0 Å². The zero-order chi connectivity index (χ0) is 10.3. The number of carbonyl (C=O) groups is 1. The molecule has 3 nitrogen and oxygen atoms in total. The molecule has 2 atom stereocenters. The van der Waals surface area contributed by atoms with Crippen LogP contribution < -0.4 is 11.1 Å². The van der Waals surface area contributed by atoms with Crippen LogP contribution in [-0.4, -0.2) is 18.0 Å². The van der Waals surface area contributed by atoms with Gasteiger partial charge in [0.25, 0.3) is 0 Å². The molecule has 3 heteroatoms. The molecule has 13 heavy (non-hydrogen) atoms. The summed E-state index contributed by atoms with van der Waals surface area (Å²) in [5.74, 6) is 2.37. The fourth-order valence-electron chi connectivity index (χ4n) is 0.950. The molecule has 0 spiro atoms. The largest absolute Gasteiger partial charge is 0.341 e. The molecule has 0 heterocycles. The van der Waals surface area contributed by atoms with Crippen LogP contribution in [-0.2, 0) is 4.79 Å². The average Bonchev–Trinajstić information content (AvgIpc) is 2.15. The summed E-state index contributed by atoms with van der Waals surface area (Å²) in [6, 6.07) is -0.609. The number of carbonyl (C=O) groups excluding carboxylic acids is 1. The molecular weight excluding hydrogens is 164 g/mol. The van der Waals surface area contributed by atoms with Gasteiger partial charge in [0.15, 0.2) is 0 Å². The van der Waals surface area contributed by atoms with E-state index in [-0.39, 0.29) is 11.9 Å². The maximum atomic E-state index is 11.3. The van der Waals surface area contributed by atoms with Gasteiger partial charge in [0.05, 0.1) is 12.1 Å². The molecule has 0 radical (unpaired) electrons. The SMILES string of the molecule is C#CC(CCC)NC(=O)[C@@H](N)CC. The minimum Gasteiger partial charge on any atom is -0.341 e. The molecule has 0 aromatic carbocycles. The predicted octanol–water partition coefficient (Wildman–Crippen LogP) is 0.642. The Kier molecular flexibility index (Phi) is 5.99. The number of hydrogen-bond donors (Lipinski definition) is 2. The Balaban J connectivity index is 3.95. The van der Waals surface area contributed by atoms with Crippen molar-refractivity contribution in [3.63, 3.8) is 0 Å². The standard InChI is InChI=1S/C10H18N2O/c1-4-7-8(5-2)12-10(13)9(11)6-3/h2,8-9H,4,6-7,11H2,1,3H3,(H,12,13)/t8?,9-/m0/s1. The molecule has 0 aliphatic carbocycles. The van der Waals surface area contributed by atoms with Crippen LogP contribution in [0.4, 0.5) is 0 Å². The summed E-state index contributed by atoms with van der Waals surface area (Å²) in [5, 5.41) is 2.72. The van der Waals surface area contributed by atoms with E-state index in [9.17, 15) is 4.79 Å². The zero-order valence-corrected chi connectivity index (χ0v) is 8.34. The second kappa shape index (κ2) is 6.50. The molecule has 0 bridgehead atoms. The number of amides is 1. The summed E-state index contributed by atoms with van der Waals surface area (Å²) >= 11 is 0. The molecule has 0 saturated heterocycles. The lowest BCUT2D eigenvalue weighted by atomic mass is 10.1. The summed E-state index contributed by atoms with van der Waals surface area (Å²) in [7, 11) is 0. The summed E-state index contributed by atoms with van der Waals surface area (Å²) in [5.41, 5.74) is 5.54. The zero-order valence-electron chi connectivity index (χ0n) is 8.34. The molecular formula is C10H18N2O. The van der Waals surface area contributed by atoms with Gasteiger partial charge in [0, 0.05) is 0 Å². The van der Waals surface area contributed by atoms with Gasteiger partial charge < -0.3 is 11.1 Å². The van der Waals surface area contributed by atoms with E-state index in [0.29, 0.717) is 6.42 Å². The Morgan fingerprint density at radius 1 is 1.62 bits per heavy atom. The number of nitrogens with one attached hydrogen (secondary N) is 1. The molecule has 1 unspecified atom stereocenters. The number of terminal acetylenes is 1. The van der Waals surface area contributed by atoms with E-state index in [4.69, 9.17) is 12.2 Å². The first kappa shape index (κ1) is 12.0. The number of nitrogens with two attached hydrogens (primary N) is 1. The van der Waals surface area contributed by atoms with E-state index in [1.165, 1.54) is 0 Å². The summed E-state index contributed by atoms with van der Waals surface area (Å²) < 4.78 is 0. The molecule has 0 rings (SSSR count). The Morgan fingerprint density at radius 3 is 2.62 bits per heavy atom. The van der Waals surface area contributed by atoms with E-state index in [1.54, 1.807) is 0 Å². The van der Waals surface area contributed by atoms with Crippen LogP contribution in [0.3, 0.4) is 0 Å². The van der Waals surface area contributed by atoms with Gasteiger partial charge in [-0.15, -0.1) is 6.42 Å². The van der Waals surface area contributed by atoms with E-state index < -0.39 is 6.04 Å². The second-order valence-electron chi connectivity index (χ2n) is 3.03. The lowest BCUT2D eigenvalue weighted by Gasteiger charge is -2.14. The van der Waals surface area contributed by atoms with Crippen molar-refractivity contribution in [3.05, 3.63) is 0 Å². The van der Waals surface area contributed by atoms with Gasteiger partial charge in [0.1, 0.15) is 0 Å². The van der Waals surface area contributed by atoms with E-state index in [2.05, 4.69) is 11.2 Å². The molecule has 0 aromatic heterocycles. The maximum Gasteiger partial charge on any atom is 0.237 e. The molecule has 3 N–H and O–H groups in total. The Labute approximate surface area is 80.1 Å². The van der Waals surface area contributed by atoms with Gasteiger partial charge in [-0.1, -0.05) is 26.2 Å². The first-order valence-electron chi connectivity index (χ1n) is 4.67. The molecule has 0 aromatic rings. The maximum absolute atomic E-state index is 11.3. The highest BCUT2D eigenvalue weighted by atomic mass is 16.2. The van der Waals surface area contributed by atoms with Gasteiger partial charge in [-0.2, -0.15) is 0 Å². The van der Waals surface area contributed by atoms with Crippen molar-refractivity contribution in [2.45, 2.75) is 45.2 Å². The molecule has 0 aliphatic heterocycles.